The molecular weight excluding hydrogens is 423 g/mol. The fraction of sp³-hybridized carbons (Fsp3) is 0.150. The molecule has 0 atom stereocenters. The topological polar surface area (TPSA) is 77.2 Å². The van der Waals surface area contributed by atoms with Crippen LogP contribution in [0, 0.1) is 24.0 Å². The van der Waals surface area contributed by atoms with Crippen molar-refractivity contribution in [3.63, 3.8) is 0 Å². The zero-order valence-corrected chi connectivity index (χ0v) is 16.5. The van der Waals surface area contributed by atoms with Crippen molar-refractivity contribution in [2.45, 2.75) is 20.0 Å². The summed E-state index contributed by atoms with van der Waals surface area (Å²) in [6.07, 6.45) is -4.57. The number of carbonyl (C=O) groups is 1. The first-order valence-electron chi connectivity index (χ1n) is 8.61. The number of benzene rings is 2. The lowest BCUT2D eigenvalue weighted by Gasteiger charge is -2.16. The van der Waals surface area contributed by atoms with Gasteiger partial charge in [0.25, 0.3) is 11.6 Å². The van der Waals surface area contributed by atoms with Gasteiger partial charge in [-0.25, -0.2) is 0 Å². The molecule has 1 aromatic heterocycles. The van der Waals surface area contributed by atoms with Gasteiger partial charge >= 0.3 is 6.18 Å². The number of hydrogen-bond donors (Lipinski definition) is 1. The molecule has 10 heteroatoms. The number of nitro groups is 1. The van der Waals surface area contributed by atoms with Crippen molar-refractivity contribution in [1.29, 1.82) is 0 Å². The van der Waals surface area contributed by atoms with Gasteiger partial charge in [0, 0.05) is 23.1 Å². The number of amides is 1. The van der Waals surface area contributed by atoms with Gasteiger partial charge in [0.2, 0.25) is 0 Å². The van der Waals surface area contributed by atoms with Gasteiger partial charge in [-0.3, -0.25) is 14.9 Å². The fourth-order valence-corrected chi connectivity index (χ4v) is 3.39. The Morgan fingerprint density at radius 2 is 1.80 bits per heavy atom. The van der Waals surface area contributed by atoms with Crippen LogP contribution in [0.4, 0.5) is 24.5 Å². The molecule has 156 valence electrons. The van der Waals surface area contributed by atoms with Crippen LogP contribution >= 0.6 is 11.6 Å². The first-order chi connectivity index (χ1) is 14.0. The summed E-state index contributed by atoms with van der Waals surface area (Å²) in [6.45, 7) is 3.11. The van der Waals surface area contributed by atoms with Crippen molar-refractivity contribution in [2.75, 3.05) is 5.32 Å². The number of anilines is 1. The number of hydrogen-bond acceptors (Lipinski definition) is 3. The number of nitrogens with one attached hydrogen (secondary N) is 1. The summed E-state index contributed by atoms with van der Waals surface area (Å²) in [5.74, 6) is -0.615. The Balaban J connectivity index is 2.00. The summed E-state index contributed by atoms with van der Waals surface area (Å²) >= 11 is 5.76. The highest BCUT2D eigenvalue weighted by molar-refractivity contribution is 6.32. The van der Waals surface area contributed by atoms with Crippen LogP contribution in [-0.4, -0.2) is 15.4 Å². The quantitative estimate of drug-likeness (QED) is 0.406. The second-order valence-corrected chi connectivity index (χ2v) is 6.92. The van der Waals surface area contributed by atoms with Crippen molar-refractivity contribution < 1.29 is 22.9 Å². The molecule has 0 unspecified atom stereocenters. The second-order valence-electron chi connectivity index (χ2n) is 6.51. The van der Waals surface area contributed by atoms with Crippen LogP contribution in [-0.2, 0) is 6.18 Å². The average Bonchev–Trinajstić information content (AvgIpc) is 2.96. The van der Waals surface area contributed by atoms with E-state index in [0.29, 0.717) is 11.4 Å². The first-order valence-corrected chi connectivity index (χ1v) is 8.99. The lowest BCUT2D eigenvalue weighted by Crippen LogP contribution is -2.15. The summed E-state index contributed by atoms with van der Waals surface area (Å²) in [4.78, 5) is 23.1. The number of aromatic nitrogens is 1. The van der Waals surface area contributed by atoms with E-state index in [9.17, 15) is 28.1 Å². The number of nitrogens with zero attached hydrogens (tertiary/aromatic N) is 2. The number of nitro benzene ring substituents is 1. The van der Waals surface area contributed by atoms with Crippen LogP contribution in [0.1, 0.15) is 27.3 Å². The molecule has 0 spiro atoms. The minimum atomic E-state index is -4.57. The van der Waals surface area contributed by atoms with Gasteiger partial charge in [-0.2, -0.15) is 13.2 Å². The molecule has 3 rings (SSSR count). The molecule has 30 heavy (non-hydrogen) atoms. The van der Waals surface area contributed by atoms with Gasteiger partial charge in [0.1, 0.15) is 5.02 Å². The molecule has 0 saturated heterocycles. The van der Waals surface area contributed by atoms with Gasteiger partial charge in [-0.05, 0) is 44.2 Å². The second kappa shape index (κ2) is 7.83. The predicted octanol–water partition coefficient (Wildman–Crippen LogP) is 5.93. The molecule has 0 aliphatic carbocycles. The molecule has 0 bridgehead atoms. The van der Waals surface area contributed by atoms with E-state index in [0.717, 1.165) is 12.1 Å². The maximum absolute atomic E-state index is 13.4. The Bertz CT molecular complexity index is 1160. The Morgan fingerprint density at radius 3 is 2.43 bits per heavy atom. The molecule has 1 N–H and O–H groups in total. The third-order valence-electron chi connectivity index (χ3n) is 4.53. The van der Waals surface area contributed by atoms with E-state index >= 15 is 0 Å². The third-order valence-corrected chi connectivity index (χ3v) is 4.85. The fourth-order valence-electron chi connectivity index (χ4n) is 3.20. The number of aryl methyl sites for hydroxylation is 1. The molecule has 0 saturated carbocycles. The van der Waals surface area contributed by atoms with Crippen molar-refractivity contribution >= 4 is 28.9 Å². The third kappa shape index (κ3) is 4.02. The van der Waals surface area contributed by atoms with E-state index in [-0.39, 0.29) is 27.6 Å². The average molecular weight is 438 g/mol. The van der Waals surface area contributed by atoms with Crippen molar-refractivity contribution in [3.8, 4) is 5.69 Å². The Kier molecular flexibility index (Phi) is 5.58. The van der Waals surface area contributed by atoms with Crippen LogP contribution < -0.4 is 5.32 Å². The molecule has 1 heterocycles. The minimum Gasteiger partial charge on any atom is -0.322 e. The smallest absolute Gasteiger partial charge is 0.322 e. The van der Waals surface area contributed by atoms with Crippen molar-refractivity contribution in [1.82, 2.24) is 4.57 Å². The van der Waals surface area contributed by atoms with Crippen LogP contribution in [0.2, 0.25) is 5.02 Å². The van der Waals surface area contributed by atoms with Crippen LogP contribution in [0.15, 0.2) is 48.5 Å². The van der Waals surface area contributed by atoms with Crippen molar-refractivity contribution in [3.05, 3.63) is 86.2 Å². The number of carbonyl (C=O) groups excluding carboxylic acids is 1. The normalized spacial score (nSPS) is 11.4. The minimum absolute atomic E-state index is 0.0834. The zero-order valence-electron chi connectivity index (χ0n) is 15.7. The molecule has 6 nitrogen and oxygen atoms in total. The number of halogens is 4. The molecule has 0 radical (unpaired) electrons. The lowest BCUT2D eigenvalue weighted by molar-refractivity contribution is -0.384. The molecule has 3 aromatic rings. The Hall–Kier alpha value is -3.33. The van der Waals surface area contributed by atoms with E-state index < -0.39 is 22.6 Å². The zero-order chi connectivity index (χ0) is 22.2. The van der Waals surface area contributed by atoms with Crippen molar-refractivity contribution in [2.24, 2.45) is 0 Å². The van der Waals surface area contributed by atoms with E-state index in [1.807, 2.05) is 0 Å². The maximum atomic E-state index is 13.4. The van der Waals surface area contributed by atoms with E-state index in [4.69, 9.17) is 11.6 Å². The lowest BCUT2D eigenvalue weighted by atomic mass is 10.1. The van der Waals surface area contributed by atoms with Gasteiger partial charge in [-0.1, -0.05) is 23.7 Å². The maximum Gasteiger partial charge on any atom is 0.418 e. The van der Waals surface area contributed by atoms with E-state index in [1.165, 1.54) is 47.9 Å². The summed E-state index contributed by atoms with van der Waals surface area (Å²) in [5, 5.41) is 13.5. The van der Waals surface area contributed by atoms with E-state index in [2.05, 4.69) is 5.32 Å². The monoisotopic (exact) mass is 437 g/mol. The van der Waals surface area contributed by atoms with Gasteiger partial charge in [0.15, 0.2) is 0 Å². The molecule has 2 aromatic carbocycles. The highest BCUT2D eigenvalue weighted by Gasteiger charge is 2.34. The first kappa shape index (κ1) is 21.4. The summed E-state index contributed by atoms with van der Waals surface area (Å²) in [6, 6.07) is 10.3. The van der Waals surface area contributed by atoms with Gasteiger partial charge < -0.3 is 9.88 Å². The van der Waals surface area contributed by atoms with Gasteiger partial charge in [0.05, 0.1) is 21.7 Å². The highest BCUT2D eigenvalue weighted by Crippen LogP contribution is 2.35. The van der Waals surface area contributed by atoms with Crippen LogP contribution in [0.3, 0.4) is 0 Å². The summed E-state index contributed by atoms with van der Waals surface area (Å²) in [7, 11) is 0. The largest absolute Gasteiger partial charge is 0.418 e. The number of para-hydroxylation sites is 1. The molecular formula is C20H15ClF3N3O3. The predicted molar refractivity (Wildman–Crippen MR) is 106 cm³/mol. The van der Waals surface area contributed by atoms with Gasteiger partial charge in [-0.15, -0.1) is 0 Å². The summed E-state index contributed by atoms with van der Waals surface area (Å²) < 4.78 is 41.6. The number of rotatable bonds is 4. The number of alkyl halides is 3. The SMILES string of the molecule is Cc1cc(C(=O)Nc2ccc(Cl)c([N+](=O)[O-])c2)c(C)n1-c1ccccc1C(F)(F)F. The Labute approximate surface area is 174 Å². The summed E-state index contributed by atoms with van der Waals surface area (Å²) in [5.41, 5.74) is -0.299. The highest BCUT2D eigenvalue weighted by atomic mass is 35.5. The molecule has 0 fully saturated rings. The Morgan fingerprint density at radius 1 is 1.13 bits per heavy atom. The molecule has 0 aliphatic heterocycles. The standard InChI is InChI=1S/C20H15ClF3N3O3/c1-11-9-14(19(28)25-13-7-8-16(21)18(10-13)27(29)30)12(2)26(11)17-6-4-3-5-15(17)20(22,23)24/h3-10H,1-2H3,(H,25,28). The van der Waals surface area contributed by atoms with E-state index in [1.54, 1.807) is 6.92 Å². The van der Waals surface area contributed by atoms with Crippen LogP contribution in [0.5, 0.6) is 0 Å². The molecule has 0 aliphatic rings. The van der Waals surface area contributed by atoms with Crippen LogP contribution in [0.25, 0.3) is 5.69 Å². The molecule has 1 amide bonds.